The molecule has 0 spiro atoms. The van der Waals surface area contributed by atoms with Gasteiger partial charge in [0.15, 0.2) is 0 Å². The lowest BCUT2D eigenvalue weighted by Gasteiger charge is -2.32. The maximum Gasteiger partial charge on any atom is 0.270 e. The molecule has 4 aromatic rings. The Morgan fingerprint density at radius 1 is 1.18 bits per heavy atom. The average Bonchev–Trinajstić information content (AvgIpc) is 3.59. The molecule has 3 aromatic heterocycles. The number of fused-ring (bicyclic) bond motifs is 1. The highest BCUT2D eigenvalue weighted by Gasteiger charge is 2.30. The third-order valence-corrected chi connectivity index (χ3v) is 7.66. The zero-order valence-corrected chi connectivity index (χ0v) is 20.4. The lowest BCUT2D eigenvalue weighted by atomic mass is 9.95. The zero-order chi connectivity index (χ0) is 23.7. The molecule has 1 aliphatic heterocycles. The van der Waals surface area contributed by atoms with Crippen LogP contribution in [0.15, 0.2) is 64.6 Å². The molecule has 0 radical (unpaired) electrons. The number of benzene rings is 1. The zero-order valence-electron chi connectivity index (χ0n) is 18.9. The number of halogens is 1. The highest BCUT2D eigenvalue weighted by molar-refractivity contribution is 7.16. The summed E-state index contributed by atoms with van der Waals surface area (Å²) in [6, 6.07) is 15.2. The number of amides is 2. The molecule has 1 aromatic carbocycles. The Morgan fingerprint density at radius 3 is 2.65 bits per heavy atom. The molecular formula is C26H26ClN3O3S. The van der Waals surface area contributed by atoms with Gasteiger partial charge in [0, 0.05) is 36.0 Å². The number of carbonyl (C=O) groups excluding carboxylic acids is 2. The van der Waals surface area contributed by atoms with E-state index in [4.69, 9.17) is 16.0 Å². The van der Waals surface area contributed by atoms with Gasteiger partial charge in [-0.3, -0.25) is 9.59 Å². The van der Waals surface area contributed by atoms with E-state index in [1.54, 1.807) is 17.6 Å². The third kappa shape index (κ3) is 4.63. The number of hydrogen-bond donors (Lipinski definition) is 1. The summed E-state index contributed by atoms with van der Waals surface area (Å²) >= 11 is 7.68. The summed E-state index contributed by atoms with van der Waals surface area (Å²) in [5, 5.41) is 6.85. The standard InChI is InChI=1S/C26H26ClN3O3S/c1-17(23-3-2-13-33-23)28-24(31)19-8-11-29(12-9-19)25(32)22-15-20-10-14-34-26(20)30(22)16-18-4-6-21(27)7-5-18/h2-7,10,13-15,17,19H,8-9,11-12,16H2,1H3,(H,28,31)/t17-/m0/s1. The number of likely N-dealkylation sites (tertiary alicyclic amines) is 1. The lowest BCUT2D eigenvalue weighted by molar-refractivity contribution is -0.127. The molecule has 1 saturated heterocycles. The van der Waals surface area contributed by atoms with Crippen LogP contribution >= 0.6 is 22.9 Å². The van der Waals surface area contributed by atoms with Crippen molar-refractivity contribution in [2.45, 2.75) is 32.4 Å². The lowest BCUT2D eigenvalue weighted by Crippen LogP contribution is -2.43. The Kier molecular flexibility index (Phi) is 6.48. The number of thiophene rings is 1. The Balaban J connectivity index is 1.26. The van der Waals surface area contributed by atoms with Gasteiger partial charge in [-0.25, -0.2) is 0 Å². The van der Waals surface area contributed by atoms with Gasteiger partial charge in [0.05, 0.1) is 12.3 Å². The van der Waals surface area contributed by atoms with Crippen molar-refractivity contribution in [2.75, 3.05) is 13.1 Å². The van der Waals surface area contributed by atoms with Crippen LogP contribution in [-0.2, 0) is 11.3 Å². The summed E-state index contributed by atoms with van der Waals surface area (Å²) < 4.78 is 7.48. The first kappa shape index (κ1) is 22.7. The summed E-state index contributed by atoms with van der Waals surface area (Å²) in [7, 11) is 0. The van der Waals surface area contributed by atoms with Gasteiger partial charge in [0.1, 0.15) is 16.3 Å². The molecule has 1 fully saturated rings. The van der Waals surface area contributed by atoms with E-state index in [1.807, 2.05) is 65.7 Å². The van der Waals surface area contributed by atoms with Crippen LogP contribution in [0.3, 0.4) is 0 Å². The molecule has 1 aliphatic rings. The van der Waals surface area contributed by atoms with Crippen LogP contribution in [-0.4, -0.2) is 34.4 Å². The highest BCUT2D eigenvalue weighted by atomic mass is 35.5. The highest BCUT2D eigenvalue weighted by Crippen LogP contribution is 2.29. The number of nitrogens with zero attached hydrogens (tertiary/aromatic N) is 2. The molecule has 0 bridgehead atoms. The smallest absolute Gasteiger partial charge is 0.270 e. The van der Waals surface area contributed by atoms with Gasteiger partial charge in [-0.2, -0.15) is 0 Å². The number of nitrogens with one attached hydrogen (secondary N) is 1. The van der Waals surface area contributed by atoms with Crippen molar-refractivity contribution in [2.24, 2.45) is 5.92 Å². The Bertz CT molecular complexity index is 1280. The molecule has 0 saturated carbocycles. The van der Waals surface area contributed by atoms with Crippen LogP contribution in [0.2, 0.25) is 5.02 Å². The second-order valence-corrected chi connectivity index (χ2v) is 10.1. The van der Waals surface area contributed by atoms with Gasteiger partial charge >= 0.3 is 0 Å². The van der Waals surface area contributed by atoms with E-state index in [1.165, 1.54) is 0 Å². The van der Waals surface area contributed by atoms with Crippen molar-refractivity contribution in [1.29, 1.82) is 0 Å². The molecule has 176 valence electrons. The number of piperidine rings is 1. The number of furan rings is 1. The molecule has 1 N–H and O–H groups in total. The third-order valence-electron chi connectivity index (χ3n) is 6.46. The first-order chi connectivity index (χ1) is 16.5. The average molecular weight is 496 g/mol. The summed E-state index contributed by atoms with van der Waals surface area (Å²) in [6.45, 7) is 3.64. The van der Waals surface area contributed by atoms with Gasteiger partial charge in [0.2, 0.25) is 5.91 Å². The second kappa shape index (κ2) is 9.68. The molecule has 6 nitrogen and oxygen atoms in total. The first-order valence-electron chi connectivity index (χ1n) is 11.4. The minimum Gasteiger partial charge on any atom is -0.467 e. The van der Waals surface area contributed by atoms with E-state index in [-0.39, 0.29) is 23.8 Å². The largest absolute Gasteiger partial charge is 0.467 e. The van der Waals surface area contributed by atoms with Crippen LogP contribution in [0.5, 0.6) is 0 Å². The predicted molar refractivity (Wildman–Crippen MR) is 134 cm³/mol. The van der Waals surface area contributed by atoms with E-state index in [0.717, 1.165) is 21.5 Å². The van der Waals surface area contributed by atoms with E-state index in [2.05, 4.69) is 9.88 Å². The fourth-order valence-electron chi connectivity index (χ4n) is 4.53. The molecule has 2 amide bonds. The molecule has 5 rings (SSSR count). The van der Waals surface area contributed by atoms with Gasteiger partial charge in [-0.1, -0.05) is 23.7 Å². The van der Waals surface area contributed by atoms with Gasteiger partial charge in [0.25, 0.3) is 5.91 Å². The van der Waals surface area contributed by atoms with Crippen molar-refractivity contribution in [3.63, 3.8) is 0 Å². The van der Waals surface area contributed by atoms with Gasteiger partial charge in [-0.15, -0.1) is 11.3 Å². The summed E-state index contributed by atoms with van der Waals surface area (Å²) in [6.07, 6.45) is 2.90. The predicted octanol–water partition coefficient (Wildman–Crippen LogP) is 5.73. The maximum atomic E-state index is 13.5. The normalized spacial score (nSPS) is 15.5. The van der Waals surface area contributed by atoms with E-state index < -0.39 is 0 Å². The minimum absolute atomic E-state index is 0.0141. The Morgan fingerprint density at radius 2 is 1.94 bits per heavy atom. The Labute approximate surface area is 207 Å². The first-order valence-corrected chi connectivity index (χ1v) is 12.7. The van der Waals surface area contributed by atoms with Crippen molar-refractivity contribution in [3.05, 3.63) is 82.2 Å². The van der Waals surface area contributed by atoms with E-state index in [9.17, 15) is 9.59 Å². The van der Waals surface area contributed by atoms with Crippen molar-refractivity contribution >= 4 is 45.0 Å². The quantitative estimate of drug-likeness (QED) is 0.371. The van der Waals surface area contributed by atoms with Crippen LogP contribution in [0, 0.1) is 5.92 Å². The molecule has 4 heterocycles. The van der Waals surface area contributed by atoms with E-state index >= 15 is 0 Å². The SMILES string of the molecule is C[C@H](NC(=O)C1CCN(C(=O)c2cc3ccsc3n2Cc2ccc(Cl)cc2)CC1)c1ccco1. The number of aromatic nitrogens is 1. The molecular weight excluding hydrogens is 470 g/mol. The van der Waals surface area contributed by atoms with Crippen LogP contribution in [0.4, 0.5) is 0 Å². The van der Waals surface area contributed by atoms with Crippen LogP contribution < -0.4 is 5.32 Å². The van der Waals surface area contributed by atoms with Crippen molar-refractivity contribution in [1.82, 2.24) is 14.8 Å². The number of carbonyl (C=O) groups is 2. The van der Waals surface area contributed by atoms with Gasteiger partial charge in [-0.05, 0) is 67.1 Å². The minimum atomic E-state index is -0.175. The molecule has 0 unspecified atom stereocenters. The number of rotatable bonds is 6. The second-order valence-electron chi connectivity index (χ2n) is 8.74. The molecule has 0 aliphatic carbocycles. The summed E-state index contributed by atoms with van der Waals surface area (Å²) in [4.78, 5) is 29.2. The van der Waals surface area contributed by atoms with Crippen molar-refractivity contribution < 1.29 is 14.0 Å². The molecule has 1 atom stereocenters. The molecule has 8 heteroatoms. The fourth-order valence-corrected chi connectivity index (χ4v) is 5.55. The topological polar surface area (TPSA) is 67.5 Å². The molecule has 34 heavy (non-hydrogen) atoms. The van der Waals surface area contributed by atoms with E-state index in [0.29, 0.717) is 43.2 Å². The Hall–Kier alpha value is -3.03. The number of hydrogen-bond acceptors (Lipinski definition) is 4. The monoisotopic (exact) mass is 495 g/mol. The van der Waals surface area contributed by atoms with Crippen LogP contribution in [0.1, 0.15) is 47.6 Å². The summed E-state index contributed by atoms with van der Waals surface area (Å²) in [5.41, 5.74) is 1.77. The van der Waals surface area contributed by atoms with Crippen molar-refractivity contribution in [3.8, 4) is 0 Å². The summed E-state index contributed by atoms with van der Waals surface area (Å²) in [5.74, 6) is 0.663. The maximum absolute atomic E-state index is 13.5. The van der Waals surface area contributed by atoms with Crippen LogP contribution in [0.25, 0.3) is 10.2 Å². The van der Waals surface area contributed by atoms with Gasteiger partial charge < -0.3 is 19.2 Å². The fraction of sp³-hybridized carbons (Fsp3) is 0.308.